The summed E-state index contributed by atoms with van der Waals surface area (Å²) in [6.07, 6.45) is 0.845. The predicted molar refractivity (Wildman–Crippen MR) is 90.1 cm³/mol. The van der Waals surface area contributed by atoms with Crippen LogP contribution in [0.25, 0.3) is 0 Å². The molecule has 1 rings (SSSR count). The van der Waals surface area contributed by atoms with Crippen LogP contribution in [0.4, 0.5) is 0 Å². The van der Waals surface area contributed by atoms with Gasteiger partial charge in [-0.2, -0.15) is 0 Å². The Bertz CT molecular complexity index is 515. The number of halogens is 2. The van der Waals surface area contributed by atoms with Gasteiger partial charge in [0.15, 0.2) is 0 Å². The van der Waals surface area contributed by atoms with E-state index in [4.69, 9.17) is 23.2 Å². The molecule has 0 spiro atoms. The fourth-order valence-corrected chi connectivity index (χ4v) is 2.79. The number of carbonyl (C=O) groups excluding carboxylic acids is 2. The van der Waals surface area contributed by atoms with Crippen molar-refractivity contribution >= 4 is 35.0 Å². The lowest BCUT2D eigenvalue weighted by atomic mass is 10.1. The Kier molecular flexibility index (Phi) is 7.69. The molecule has 0 aromatic heterocycles. The molecule has 6 heteroatoms. The van der Waals surface area contributed by atoms with Crippen molar-refractivity contribution in [1.82, 2.24) is 10.2 Å². The van der Waals surface area contributed by atoms with Crippen molar-refractivity contribution in [3.8, 4) is 0 Å². The first-order valence-corrected chi connectivity index (χ1v) is 8.21. The lowest BCUT2D eigenvalue weighted by Crippen LogP contribution is -2.48. The summed E-state index contributed by atoms with van der Waals surface area (Å²) in [5.41, 5.74) is 0.662. The van der Waals surface area contributed by atoms with Crippen LogP contribution in [0, 0.1) is 0 Å². The average molecular weight is 345 g/mol. The molecule has 1 atom stereocenters. The van der Waals surface area contributed by atoms with E-state index in [1.165, 1.54) is 0 Å². The quantitative estimate of drug-likeness (QED) is 0.820. The maximum Gasteiger partial charge on any atom is 0.242 e. The molecule has 2 amide bonds. The van der Waals surface area contributed by atoms with Crippen LogP contribution in [-0.4, -0.2) is 29.3 Å². The summed E-state index contributed by atoms with van der Waals surface area (Å²) in [7, 11) is 0. The fourth-order valence-electron chi connectivity index (χ4n) is 2.27. The molecule has 4 nitrogen and oxygen atoms in total. The van der Waals surface area contributed by atoms with Gasteiger partial charge in [0.05, 0.1) is 0 Å². The van der Waals surface area contributed by atoms with Crippen molar-refractivity contribution in [2.45, 2.75) is 46.2 Å². The van der Waals surface area contributed by atoms with Crippen LogP contribution in [-0.2, 0) is 16.1 Å². The van der Waals surface area contributed by atoms with Crippen molar-refractivity contribution < 1.29 is 9.59 Å². The number of benzene rings is 1. The lowest BCUT2D eigenvalue weighted by Gasteiger charge is -2.30. The van der Waals surface area contributed by atoms with Gasteiger partial charge in [-0.05, 0) is 25.5 Å². The number of nitrogens with one attached hydrogen (secondary N) is 1. The number of nitrogens with zero attached hydrogens (tertiary/aromatic N) is 1. The number of amides is 2. The number of hydrogen-bond acceptors (Lipinski definition) is 2. The molecule has 122 valence electrons. The topological polar surface area (TPSA) is 49.4 Å². The Morgan fingerprint density at radius 2 is 1.77 bits per heavy atom. The normalized spacial score (nSPS) is 11.9. The van der Waals surface area contributed by atoms with E-state index >= 15 is 0 Å². The van der Waals surface area contributed by atoms with Crippen molar-refractivity contribution in [2.24, 2.45) is 0 Å². The molecule has 0 saturated carbocycles. The highest BCUT2D eigenvalue weighted by Gasteiger charge is 2.28. The molecule has 22 heavy (non-hydrogen) atoms. The van der Waals surface area contributed by atoms with Gasteiger partial charge in [-0.3, -0.25) is 9.59 Å². The molecule has 1 aromatic carbocycles. The highest BCUT2D eigenvalue weighted by molar-refractivity contribution is 6.36. The van der Waals surface area contributed by atoms with Gasteiger partial charge in [0, 0.05) is 35.1 Å². The second kappa shape index (κ2) is 9.01. The molecule has 1 aromatic rings. The van der Waals surface area contributed by atoms with Gasteiger partial charge in [0.25, 0.3) is 0 Å². The Labute approximate surface area is 141 Å². The summed E-state index contributed by atoms with van der Waals surface area (Å²) in [4.78, 5) is 26.1. The summed E-state index contributed by atoms with van der Waals surface area (Å²) in [5.74, 6) is -0.260. The van der Waals surface area contributed by atoms with Gasteiger partial charge in [-0.1, -0.05) is 43.1 Å². The van der Waals surface area contributed by atoms with Gasteiger partial charge in [0.1, 0.15) is 6.04 Å². The van der Waals surface area contributed by atoms with Crippen LogP contribution < -0.4 is 5.32 Å². The van der Waals surface area contributed by atoms with E-state index in [1.807, 2.05) is 13.8 Å². The Balaban J connectivity index is 3.12. The first-order valence-electron chi connectivity index (χ1n) is 7.46. The van der Waals surface area contributed by atoms with Gasteiger partial charge < -0.3 is 10.2 Å². The number of rotatable bonds is 7. The summed E-state index contributed by atoms with van der Waals surface area (Å²) >= 11 is 12.4. The summed E-state index contributed by atoms with van der Waals surface area (Å²) < 4.78 is 0. The van der Waals surface area contributed by atoms with Crippen LogP contribution >= 0.6 is 23.2 Å². The largest absolute Gasteiger partial charge is 0.355 e. The molecule has 0 aliphatic rings. The zero-order valence-corrected chi connectivity index (χ0v) is 14.7. The van der Waals surface area contributed by atoms with E-state index in [2.05, 4.69) is 5.32 Å². The van der Waals surface area contributed by atoms with E-state index in [-0.39, 0.29) is 18.4 Å². The monoisotopic (exact) mass is 344 g/mol. The molecule has 1 N–H and O–H groups in total. The molecule has 0 aliphatic carbocycles. The van der Waals surface area contributed by atoms with Gasteiger partial charge in [-0.15, -0.1) is 0 Å². The maximum atomic E-state index is 12.3. The van der Waals surface area contributed by atoms with E-state index in [0.29, 0.717) is 35.0 Å². The van der Waals surface area contributed by atoms with Crippen LogP contribution in [0.2, 0.25) is 10.0 Å². The highest BCUT2D eigenvalue weighted by Crippen LogP contribution is 2.27. The zero-order valence-electron chi connectivity index (χ0n) is 13.2. The molecule has 0 saturated heterocycles. The van der Waals surface area contributed by atoms with E-state index in [0.717, 1.165) is 0 Å². The molecule has 0 radical (unpaired) electrons. The Hall–Kier alpha value is -1.26. The minimum absolute atomic E-state index is 0.103. The van der Waals surface area contributed by atoms with E-state index < -0.39 is 6.04 Å². The first kappa shape index (κ1) is 18.8. The molecular weight excluding hydrogens is 323 g/mol. The molecular formula is C16H22Cl2N2O2. The summed E-state index contributed by atoms with van der Waals surface area (Å²) in [6.45, 7) is 6.25. The van der Waals surface area contributed by atoms with Crippen LogP contribution in [0.1, 0.15) is 39.2 Å². The molecule has 0 aliphatic heterocycles. The standard InChI is InChI=1S/C16H22Cl2N2O2/c1-4-14(16(22)19-6-3)20(15(21)5-2)10-11-12(17)8-7-9-13(11)18/h7-9,14H,4-6,10H2,1-3H3,(H,19,22). The molecule has 0 fully saturated rings. The minimum atomic E-state index is -0.528. The zero-order chi connectivity index (χ0) is 16.7. The second-order valence-electron chi connectivity index (χ2n) is 4.89. The third-order valence-corrected chi connectivity index (χ3v) is 4.14. The predicted octanol–water partition coefficient (Wildman–Crippen LogP) is 3.65. The van der Waals surface area contributed by atoms with Gasteiger partial charge in [-0.25, -0.2) is 0 Å². The molecule has 0 heterocycles. The van der Waals surface area contributed by atoms with Crippen molar-refractivity contribution in [3.05, 3.63) is 33.8 Å². The summed E-state index contributed by atoms with van der Waals surface area (Å²) in [5, 5.41) is 3.76. The van der Waals surface area contributed by atoms with Gasteiger partial charge >= 0.3 is 0 Å². The van der Waals surface area contributed by atoms with Crippen molar-refractivity contribution in [2.75, 3.05) is 6.54 Å². The third-order valence-electron chi connectivity index (χ3n) is 3.43. The van der Waals surface area contributed by atoms with Gasteiger partial charge in [0.2, 0.25) is 11.8 Å². The highest BCUT2D eigenvalue weighted by atomic mass is 35.5. The molecule has 0 bridgehead atoms. The van der Waals surface area contributed by atoms with Crippen molar-refractivity contribution in [1.29, 1.82) is 0 Å². The summed E-state index contributed by atoms with van der Waals surface area (Å²) in [6, 6.07) is 4.68. The van der Waals surface area contributed by atoms with Crippen molar-refractivity contribution in [3.63, 3.8) is 0 Å². The Morgan fingerprint density at radius 1 is 1.18 bits per heavy atom. The van der Waals surface area contributed by atoms with Crippen LogP contribution in [0.3, 0.4) is 0 Å². The molecule has 1 unspecified atom stereocenters. The number of carbonyl (C=O) groups is 2. The van der Waals surface area contributed by atoms with E-state index in [1.54, 1.807) is 30.0 Å². The number of hydrogen-bond donors (Lipinski definition) is 1. The number of likely N-dealkylation sites (N-methyl/N-ethyl adjacent to an activating group) is 1. The first-order chi connectivity index (χ1) is 10.5. The van der Waals surface area contributed by atoms with E-state index in [9.17, 15) is 9.59 Å². The van der Waals surface area contributed by atoms with Crippen LogP contribution in [0.15, 0.2) is 18.2 Å². The lowest BCUT2D eigenvalue weighted by molar-refractivity contribution is -0.141. The second-order valence-corrected chi connectivity index (χ2v) is 5.71. The maximum absolute atomic E-state index is 12.3. The minimum Gasteiger partial charge on any atom is -0.355 e. The fraction of sp³-hybridized carbons (Fsp3) is 0.500. The average Bonchev–Trinajstić information content (AvgIpc) is 2.49. The SMILES string of the molecule is CCNC(=O)C(CC)N(Cc1c(Cl)cccc1Cl)C(=O)CC. The third kappa shape index (κ3) is 4.62. The van der Waals surface area contributed by atoms with Crippen LogP contribution in [0.5, 0.6) is 0 Å². The smallest absolute Gasteiger partial charge is 0.242 e. The Morgan fingerprint density at radius 3 is 2.23 bits per heavy atom.